The largest absolute Gasteiger partial charge is 0.480 e. The van der Waals surface area contributed by atoms with E-state index in [1.54, 1.807) is 13.8 Å². The van der Waals surface area contributed by atoms with Crippen LogP contribution in [0.1, 0.15) is 13.8 Å². The van der Waals surface area contributed by atoms with Gasteiger partial charge in [0, 0.05) is 11.5 Å². The summed E-state index contributed by atoms with van der Waals surface area (Å²) in [4.78, 5) is 11.1. The van der Waals surface area contributed by atoms with Crippen molar-refractivity contribution in [3.63, 3.8) is 0 Å². The molecule has 0 unspecified atom stereocenters. The van der Waals surface area contributed by atoms with Gasteiger partial charge in [0.05, 0.1) is 0 Å². The van der Waals surface area contributed by atoms with Gasteiger partial charge in [-0.3, -0.25) is 4.79 Å². The van der Waals surface area contributed by atoms with E-state index in [9.17, 15) is 17.6 Å². The molecule has 1 heterocycles. The molecule has 0 aliphatic carbocycles. The summed E-state index contributed by atoms with van der Waals surface area (Å²) in [6.07, 6.45) is 0. The normalized spacial score (nSPS) is 13.7. The Balaban J connectivity index is 2.39. The number of carboxylic acids is 1. The number of rotatable bonds is 5. The molecule has 0 amide bonds. The van der Waals surface area contributed by atoms with E-state index >= 15 is 0 Å². The molecule has 1 aromatic carbocycles. The lowest BCUT2D eigenvalue weighted by Gasteiger charge is -2.16. The van der Waals surface area contributed by atoms with E-state index in [2.05, 4.69) is 4.72 Å². The van der Waals surface area contributed by atoms with E-state index in [0.29, 0.717) is 0 Å². The molecule has 2 aromatic rings. The van der Waals surface area contributed by atoms with Gasteiger partial charge in [0.15, 0.2) is 0 Å². The molecule has 0 saturated carbocycles. The lowest BCUT2D eigenvalue weighted by molar-refractivity contribution is -0.140. The molecule has 2 N–H and O–H groups in total. The molecular formula is C13H14FNO5S. The summed E-state index contributed by atoms with van der Waals surface area (Å²) in [5, 5.41) is 8.86. The van der Waals surface area contributed by atoms with E-state index in [1.165, 1.54) is 6.07 Å². The van der Waals surface area contributed by atoms with Crippen LogP contribution in [0.15, 0.2) is 33.8 Å². The highest BCUT2D eigenvalue weighted by Crippen LogP contribution is 2.24. The first-order valence-corrected chi connectivity index (χ1v) is 7.63. The summed E-state index contributed by atoms with van der Waals surface area (Å²) in [7, 11) is -4.14. The van der Waals surface area contributed by atoms with Crippen molar-refractivity contribution in [3.8, 4) is 0 Å². The number of hydrogen-bond donors (Lipinski definition) is 2. The van der Waals surface area contributed by atoms with Gasteiger partial charge < -0.3 is 9.52 Å². The number of fused-ring (bicyclic) bond motifs is 1. The topological polar surface area (TPSA) is 96.6 Å². The van der Waals surface area contributed by atoms with E-state index in [1.807, 2.05) is 0 Å². The Morgan fingerprint density at radius 1 is 1.33 bits per heavy atom. The third-order valence-corrected chi connectivity index (χ3v) is 4.23. The number of sulfonamides is 1. The minimum atomic E-state index is -4.14. The van der Waals surface area contributed by atoms with Crippen molar-refractivity contribution in [1.82, 2.24) is 4.72 Å². The lowest BCUT2D eigenvalue weighted by atomic mass is 10.1. The second-order valence-corrected chi connectivity index (χ2v) is 6.57. The van der Waals surface area contributed by atoms with Crippen LogP contribution >= 0.6 is 0 Å². The Morgan fingerprint density at radius 2 is 2.00 bits per heavy atom. The number of carboxylic acid groups (broad SMARTS) is 1. The molecule has 0 saturated heterocycles. The molecule has 114 valence electrons. The Bertz CT molecular complexity index is 781. The number of nitrogens with one attached hydrogen (secondary N) is 1. The molecule has 21 heavy (non-hydrogen) atoms. The summed E-state index contributed by atoms with van der Waals surface area (Å²) in [5.74, 6) is -2.25. The highest BCUT2D eigenvalue weighted by molar-refractivity contribution is 7.89. The zero-order valence-electron chi connectivity index (χ0n) is 11.3. The van der Waals surface area contributed by atoms with Crippen molar-refractivity contribution < 1.29 is 27.1 Å². The maximum atomic E-state index is 13.1. The minimum absolute atomic E-state index is 0.202. The van der Waals surface area contributed by atoms with Crippen LogP contribution in [0.2, 0.25) is 0 Å². The molecule has 0 aliphatic rings. The van der Waals surface area contributed by atoms with Gasteiger partial charge in [-0.25, -0.2) is 12.8 Å². The summed E-state index contributed by atoms with van der Waals surface area (Å²) in [5.41, 5.74) is 0.202. The zero-order chi connectivity index (χ0) is 15.8. The number of furan rings is 1. The van der Waals surface area contributed by atoms with Crippen molar-refractivity contribution in [3.05, 3.63) is 30.1 Å². The van der Waals surface area contributed by atoms with Crippen molar-refractivity contribution in [2.24, 2.45) is 5.92 Å². The zero-order valence-corrected chi connectivity index (χ0v) is 12.1. The van der Waals surface area contributed by atoms with Crippen molar-refractivity contribution in [2.45, 2.75) is 25.0 Å². The minimum Gasteiger partial charge on any atom is -0.480 e. The second kappa shape index (κ2) is 5.45. The van der Waals surface area contributed by atoms with E-state index in [0.717, 1.165) is 18.2 Å². The van der Waals surface area contributed by atoms with E-state index in [-0.39, 0.29) is 11.0 Å². The highest BCUT2D eigenvalue weighted by atomic mass is 32.2. The van der Waals surface area contributed by atoms with Crippen molar-refractivity contribution >= 4 is 27.0 Å². The van der Waals surface area contributed by atoms with Crippen molar-refractivity contribution in [2.75, 3.05) is 0 Å². The smallest absolute Gasteiger partial charge is 0.322 e. The standard InChI is InChI=1S/C13H14FNO5S/c1-7(2)12(13(16)17)15-21(18,19)11-6-8-5-9(14)3-4-10(8)20-11/h3-7,12,15H,1-2H3,(H,16,17)/t12-/m1/s1. The van der Waals surface area contributed by atoms with Crippen LogP contribution in [0.3, 0.4) is 0 Å². The fourth-order valence-corrected chi connectivity index (χ4v) is 3.12. The van der Waals surface area contributed by atoms with Crippen LogP contribution in [-0.4, -0.2) is 25.5 Å². The third kappa shape index (κ3) is 3.22. The molecule has 2 rings (SSSR count). The molecule has 8 heteroatoms. The Morgan fingerprint density at radius 3 is 2.57 bits per heavy atom. The first-order chi connectivity index (χ1) is 9.70. The predicted molar refractivity (Wildman–Crippen MR) is 72.8 cm³/mol. The van der Waals surface area contributed by atoms with E-state index in [4.69, 9.17) is 9.52 Å². The average Bonchev–Trinajstić information content (AvgIpc) is 2.79. The van der Waals surface area contributed by atoms with Gasteiger partial charge in [-0.05, 0) is 24.1 Å². The third-order valence-electron chi connectivity index (χ3n) is 2.94. The van der Waals surface area contributed by atoms with Gasteiger partial charge in [-0.15, -0.1) is 0 Å². The molecule has 0 bridgehead atoms. The van der Waals surface area contributed by atoms with Crippen LogP contribution in [0.5, 0.6) is 0 Å². The number of halogens is 1. The molecule has 6 nitrogen and oxygen atoms in total. The summed E-state index contributed by atoms with van der Waals surface area (Å²) < 4.78 is 44.6. The summed E-state index contributed by atoms with van der Waals surface area (Å²) in [6, 6.07) is 3.46. The monoisotopic (exact) mass is 315 g/mol. The number of aliphatic carboxylic acids is 1. The average molecular weight is 315 g/mol. The van der Waals surface area contributed by atoms with Crippen molar-refractivity contribution in [1.29, 1.82) is 0 Å². The summed E-state index contributed by atoms with van der Waals surface area (Å²) in [6.45, 7) is 3.16. The van der Waals surface area contributed by atoms with Crippen LogP contribution in [0.25, 0.3) is 11.0 Å². The van der Waals surface area contributed by atoms with Gasteiger partial charge in [-0.1, -0.05) is 13.8 Å². The number of hydrogen-bond acceptors (Lipinski definition) is 4. The van der Waals surface area contributed by atoms with Crippen LogP contribution in [-0.2, 0) is 14.8 Å². The molecule has 0 spiro atoms. The van der Waals surface area contributed by atoms with E-state index < -0.39 is 38.9 Å². The van der Waals surface area contributed by atoms with Crippen LogP contribution in [0, 0.1) is 11.7 Å². The van der Waals surface area contributed by atoms with Crippen LogP contribution in [0.4, 0.5) is 4.39 Å². The highest BCUT2D eigenvalue weighted by Gasteiger charge is 2.30. The maximum absolute atomic E-state index is 13.1. The van der Waals surface area contributed by atoms with Gasteiger partial charge in [0.2, 0.25) is 5.09 Å². The van der Waals surface area contributed by atoms with Gasteiger partial charge in [0.25, 0.3) is 10.0 Å². The molecule has 1 aromatic heterocycles. The van der Waals surface area contributed by atoms with Gasteiger partial charge >= 0.3 is 5.97 Å². The van der Waals surface area contributed by atoms with Gasteiger partial charge in [-0.2, -0.15) is 4.72 Å². The first kappa shape index (κ1) is 15.5. The second-order valence-electron chi connectivity index (χ2n) is 4.93. The molecular weight excluding hydrogens is 301 g/mol. The predicted octanol–water partition coefficient (Wildman–Crippen LogP) is 1.96. The molecule has 0 aliphatic heterocycles. The summed E-state index contributed by atoms with van der Waals surface area (Å²) >= 11 is 0. The Kier molecular flexibility index (Phi) is 4.02. The first-order valence-electron chi connectivity index (χ1n) is 6.15. The number of carbonyl (C=O) groups is 1. The Labute approximate surface area is 120 Å². The number of benzene rings is 1. The molecule has 0 radical (unpaired) electrons. The molecule has 1 atom stereocenters. The quantitative estimate of drug-likeness (QED) is 0.879. The fraction of sp³-hybridized carbons (Fsp3) is 0.308. The SMILES string of the molecule is CC(C)[C@@H](NS(=O)(=O)c1cc2cc(F)ccc2o1)C(=O)O. The van der Waals surface area contributed by atoms with Gasteiger partial charge in [0.1, 0.15) is 17.4 Å². The maximum Gasteiger partial charge on any atom is 0.322 e. The Hall–Kier alpha value is -1.93. The lowest BCUT2D eigenvalue weighted by Crippen LogP contribution is -2.44. The van der Waals surface area contributed by atoms with Crippen LogP contribution < -0.4 is 4.72 Å². The molecule has 0 fully saturated rings. The fourth-order valence-electron chi connectivity index (χ4n) is 1.82.